The van der Waals surface area contributed by atoms with E-state index in [-0.39, 0.29) is 11.7 Å². The Hall–Kier alpha value is -2.96. The standard InChI is InChI=1S/C22H24FN3O3/c1-22(2,3)29-21(28)25-10-4-5-15(20(25)27)12-17-19-8-6-14-11-16(23)7-9-18(14)26(19)13-24-17/h7,9,11-13H,4-6,8,10H2,1-3H3. The van der Waals surface area contributed by atoms with Gasteiger partial charge in [0.2, 0.25) is 0 Å². The normalized spacial score (nSPS) is 17.9. The maximum atomic E-state index is 13.5. The van der Waals surface area contributed by atoms with Gasteiger partial charge in [-0.15, -0.1) is 0 Å². The topological polar surface area (TPSA) is 64.4 Å². The summed E-state index contributed by atoms with van der Waals surface area (Å²) in [4.78, 5) is 30.9. The second kappa shape index (κ2) is 7.13. The van der Waals surface area contributed by atoms with E-state index in [0.29, 0.717) is 37.8 Å². The molecule has 1 fully saturated rings. The summed E-state index contributed by atoms with van der Waals surface area (Å²) in [6.07, 6.45) is 5.57. The minimum Gasteiger partial charge on any atom is -0.443 e. The van der Waals surface area contributed by atoms with Crippen LogP contribution in [0.4, 0.5) is 9.18 Å². The van der Waals surface area contributed by atoms with E-state index in [9.17, 15) is 14.0 Å². The van der Waals surface area contributed by atoms with Crippen molar-refractivity contribution in [3.05, 3.63) is 52.9 Å². The number of imidazole rings is 1. The largest absolute Gasteiger partial charge is 0.443 e. The molecule has 152 valence electrons. The van der Waals surface area contributed by atoms with E-state index < -0.39 is 11.7 Å². The number of likely N-dealkylation sites (tertiary alicyclic amines) is 1. The molecular formula is C22H24FN3O3. The number of hydrogen-bond acceptors (Lipinski definition) is 4. The molecule has 0 bridgehead atoms. The van der Waals surface area contributed by atoms with Crippen molar-refractivity contribution in [1.82, 2.24) is 14.5 Å². The molecule has 1 aromatic heterocycles. The predicted octanol–water partition coefficient (Wildman–Crippen LogP) is 4.05. The fourth-order valence-electron chi connectivity index (χ4n) is 3.81. The van der Waals surface area contributed by atoms with Gasteiger partial charge in [0.25, 0.3) is 5.91 Å². The number of piperidine rings is 1. The molecule has 2 aromatic rings. The van der Waals surface area contributed by atoms with Crippen molar-refractivity contribution >= 4 is 18.1 Å². The average molecular weight is 397 g/mol. The lowest BCUT2D eigenvalue weighted by Gasteiger charge is -2.29. The Balaban J connectivity index is 1.61. The van der Waals surface area contributed by atoms with Crippen LogP contribution in [-0.4, -0.2) is 38.6 Å². The summed E-state index contributed by atoms with van der Waals surface area (Å²) in [5, 5.41) is 0. The van der Waals surface area contributed by atoms with Crippen molar-refractivity contribution in [3.63, 3.8) is 0 Å². The summed E-state index contributed by atoms with van der Waals surface area (Å²) < 4.78 is 20.8. The van der Waals surface area contributed by atoms with Gasteiger partial charge in [-0.05, 0) is 76.3 Å². The molecule has 0 atom stereocenters. The van der Waals surface area contributed by atoms with Crippen LogP contribution < -0.4 is 0 Å². The molecule has 2 aliphatic heterocycles. The highest BCUT2D eigenvalue weighted by Crippen LogP contribution is 2.29. The number of benzene rings is 1. The number of aryl methyl sites for hydroxylation is 1. The highest BCUT2D eigenvalue weighted by atomic mass is 19.1. The number of halogens is 1. The van der Waals surface area contributed by atoms with Crippen molar-refractivity contribution < 1.29 is 18.7 Å². The molecule has 0 aliphatic carbocycles. The zero-order chi connectivity index (χ0) is 20.8. The Morgan fingerprint density at radius 1 is 1.24 bits per heavy atom. The summed E-state index contributed by atoms with van der Waals surface area (Å²) >= 11 is 0. The smallest absolute Gasteiger partial charge is 0.417 e. The Morgan fingerprint density at radius 3 is 2.79 bits per heavy atom. The van der Waals surface area contributed by atoms with E-state index in [1.54, 1.807) is 45.3 Å². The Bertz CT molecular complexity index is 1020. The van der Waals surface area contributed by atoms with Crippen molar-refractivity contribution in [2.75, 3.05) is 6.54 Å². The summed E-state index contributed by atoms with van der Waals surface area (Å²) in [5.74, 6) is -0.574. The van der Waals surface area contributed by atoms with E-state index >= 15 is 0 Å². The third kappa shape index (κ3) is 3.81. The van der Waals surface area contributed by atoms with Gasteiger partial charge in [-0.25, -0.2) is 19.1 Å². The molecule has 6 nitrogen and oxygen atoms in total. The van der Waals surface area contributed by atoms with Gasteiger partial charge in [0.15, 0.2) is 0 Å². The van der Waals surface area contributed by atoms with Gasteiger partial charge in [-0.3, -0.25) is 4.79 Å². The van der Waals surface area contributed by atoms with Crippen LogP contribution in [0, 0.1) is 5.82 Å². The van der Waals surface area contributed by atoms with Gasteiger partial charge in [0.1, 0.15) is 17.7 Å². The number of aromatic nitrogens is 2. The quantitative estimate of drug-likeness (QED) is 0.681. The molecule has 1 saturated heterocycles. The SMILES string of the molecule is CC(C)(C)OC(=O)N1CCCC(=Cc2ncn3c2CCc2cc(F)ccc2-3)C1=O. The maximum absolute atomic E-state index is 13.5. The number of fused-ring (bicyclic) bond motifs is 3. The molecule has 1 aromatic carbocycles. The summed E-state index contributed by atoms with van der Waals surface area (Å²) in [6, 6.07) is 4.75. The molecule has 29 heavy (non-hydrogen) atoms. The van der Waals surface area contributed by atoms with Crippen LogP contribution in [0.1, 0.15) is 50.6 Å². The number of carbonyl (C=O) groups excluding carboxylic acids is 2. The van der Waals surface area contributed by atoms with Crippen molar-refractivity contribution in [1.29, 1.82) is 0 Å². The van der Waals surface area contributed by atoms with E-state index in [2.05, 4.69) is 4.98 Å². The van der Waals surface area contributed by atoms with Crippen LogP contribution in [0.2, 0.25) is 0 Å². The number of hydrogen-bond donors (Lipinski definition) is 0. The molecule has 3 heterocycles. The van der Waals surface area contributed by atoms with E-state index in [0.717, 1.165) is 22.6 Å². The zero-order valence-electron chi connectivity index (χ0n) is 16.9. The zero-order valence-corrected chi connectivity index (χ0v) is 16.9. The number of rotatable bonds is 1. The third-order valence-electron chi connectivity index (χ3n) is 5.10. The highest BCUT2D eigenvalue weighted by molar-refractivity contribution is 6.05. The lowest BCUT2D eigenvalue weighted by atomic mass is 9.98. The molecule has 7 heteroatoms. The van der Waals surface area contributed by atoms with Crippen LogP contribution in [0.25, 0.3) is 11.8 Å². The molecule has 0 saturated carbocycles. The van der Waals surface area contributed by atoms with Crippen molar-refractivity contribution in [3.8, 4) is 5.69 Å². The highest BCUT2D eigenvalue weighted by Gasteiger charge is 2.32. The Morgan fingerprint density at radius 2 is 2.03 bits per heavy atom. The van der Waals surface area contributed by atoms with Crippen LogP contribution in [0.15, 0.2) is 30.1 Å². The number of ether oxygens (including phenoxy) is 1. The van der Waals surface area contributed by atoms with Crippen molar-refractivity contribution in [2.45, 2.75) is 52.1 Å². The Kier molecular flexibility index (Phi) is 4.76. The lowest BCUT2D eigenvalue weighted by Crippen LogP contribution is -2.44. The maximum Gasteiger partial charge on any atom is 0.417 e. The van der Waals surface area contributed by atoms with Crippen LogP contribution in [0.3, 0.4) is 0 Å². The number of imide groups is 1. The monoisotopic (exact) mass is 397 g/mol. The van der Waals surface area contributed by atoms with Gasteiger partial charge >= 0.3 is 6.09 Å². The molecule has 4 rings (SSSR count). The number of amides is 2. The lowest BCUT2D eigenvalue weighted by molar-refractivity contribution is -0.127. The first kappa shape index (κ1) is 19.4. The first-order chi connectivity index (χ1) is 13.7. The minimum atomic E-state index is -0.658. The van der Waals surface area contributed by atoms with E-state index in [1.807, 2.05) is 4.57 Å². The fourth-order valence-corrected chi connectivity index (χ4v) is 3.81. The van der Waals surface area contributed by atoms with Crippen molar-refractivity contribution in [2.24, 2.45) is 0 Å². The van der Waals surface area contributed by atoms with Gasteiger partial charge < -0.3 is 9.30 Å². The van der Waals surface area contributed by atoms with Crippen LogP contribution >= 0.6 is 0 Å². The second-order valence-electron chi connectivity index (χ2n) is 8.43. The first-order valence-corrected chi connectivity index (χ1v) is 9.83. The predicted molar refractivity (Wildman–Crippen MR) is 106 cm³/mol. The Labute approximate surface area is 169 Å². The summed E-state index contributed by atoms with van der Waals surface area (Å²) in [5.41, 5.74) is 3.45. The molecule has 0 radical (unpaired) electrons. The summed E-state index contributed by atoms with van der Waals surface area (Å²) in [6.45, 7) is 5.68. The average Bonchev–Trinajstić information content (AvgIpc) is 3.04. The molecule has 2 amide bonds. The van der Waals surface area contributed by atoms with E-state index in [4.69, 9.17) is 4.74 Å². The van der Waals surface area contributed by atoms with Gasteiger partial charge in [0.05, 0.1) is 17.1 Å². The third-order valence-corrected chi connectivity index (χ3v) is 5.10. The molecule has 2 aliphatic rings. The van der Waals surface area contributed by atoms with Gasteiger partial charge in [-0.2, -0.15) is 0 Å². The molecular weight excluding hydrogens is 373 g/mol. The summed E-state index contributed by atoms with van der Waals surface area (Å²) in [7, 11) is 0. The fraction of sp³-hybridized carbons (Fsp3) is 0.409. The van der Waals surface area contributed by atoms with Crippen LogP contribution in [0.5, 0.6) is 0 Å². The first-order valence-electron chi connectivity index (χ1n) is 9.83. The number of carbonyl (C=O) groups is 2. The molecule has 0 unspecified atom stereocenters. The number of nitrogens with zero attached hydrogens (tertiary/aromatic N) is 3. The van der Waals surface area contributed by atoms with Gasteiger partial charge in [-0.1, -0.05) is 0 Å². The molecule has 0 spiro atoms. The van der Waals surface area contributed by atoms with Gasteiger partial charge in [0, 0.05) is 12.1 Å². The van der Waals surface area contributed by atoms with E-state index in [1.165, 1.54) is 11.0 Å². The molecule has 0 N–H and O–H groups in total. The second-order valence-corrected chi connectivity index (χ2v) is 8.43. The van der Waals surface area contributed by atoms with Crippen LogP contribution in [-0.2, 0) is 22.4 Å². The minimum absolute atomic E-state index is 0.246.